The third-order valence-electron chi connectivity index (χ3n) is 3.74. The van der Waals surface area contributed by atoms with Crippen LogP contribution < -0.4 is 14.2 Å². The first-order valence-corrected chi connectivity index (χ1v) is 8.93. The summed E-state index contributed by atoms with van der Waals surface area (Å²) < 4.78 is 16.0. The molecule has 0 unspecified atom stereocenters. The van der Waals surface area contributed by atoms with Crippen LogP contribution in [0, 0.1) is 0 Å². The Balaban J connectivity index is 1.92. The topological polar surface area (TPSA) is 48.0 Å². The van der Waals surface area contributed by atoms with Crippen LogP contribution in [0.1, 0.15) is 5.56 Å². The molecule has 0 N–H and O–H groups in total. The summed E-state index contributed by atoms with van der Waals surface area (Å²) in [5.41, 5.74) is 0.731. The van der Waals surface area contributed by atoms with Crippen LogP contribution in [0.25, 0.3) is 6.08 Å². The number of halogens is 2. The largest absolute Gasteiger partial charge is 0.493 e. The zero-order valence-corrected chi connectivity index (χ0v) is 16.9. The first-order chi connectivity index (χ1) is 12.9. The molecule has 27 heavy (non-hydrogen) atoms. The Morgan fingerprint density at radius 3 is 2.59 bits per heavy atom. The zero-order chi connectivity index (χ0) is 19.8. The quantitative estimate of drug-likeness (QED) is 0.599. The van der Waals surface area contributed by atoms with Crippen molar-refractivity contribution >= 4 is 35.2 Å². The van der Waals surface area contributed by atoms with Crippen LogP contribution in [0.4, 0.5) is 0 Å². The van der Waals surface area contributed by atoms with Crippen molar-refractivity contribution in [3.05, 3.63) is 58.1 Å². The predicted molar refractivity (Wildman–Crippen MR) is 108 cm³/mol. The maximum absolute atomic E-state index is 12.2. The molecule has 0 aromatic heterocycles. The molecule has 0 saturated heterocycles. The summed E-state index contributed by atoms with van der Waals surface area (Å²) >= 11 is 12.1. The van der Waals surface area contributed by atoms with Gasteiger partial charge in [-0.15, -0.1) is 0 Å². The lowest BCUT2D eigenvalue weighted by Crippen LogP contribution is -2.29. The Kier molecular flexibility index (Phi) is 7.82. The minimum Gasteiger partial charge on any atom is -0.493 e. The highest BCUT2D eigenvalue weighted by atomic mass is 35.5. The lowest BCUT2D eigenvalue weighted by molar-refractivity contribution is -0.125. The number of methoxy groups -OCH3 is 2. The molecule has 0 aliphatic heterocycles. The van der Waals surface area contributed by atoms with Crippen LogP contribution in [0.2, 0.25) is 10.0 Å². The minimum absolute atomic E-state index is 0.157. The van der Waals surface area contributed by atoms with E-state index in [1.165, 1.54) is 20.3 Å². The number of benzene rings is 2. The molecule has 2 aromatic rings. The second-order valence-corrected chi connectivity index (χ2v) is 6.48. The van der Waals surface area contributed by atoms with Gasteiger partial charge in [0.05, 0.1) is 25.8 Å². The summed E-state index contributed by atoms with van der Waals surface area (Å²) in [7, 11) is 4.75. The number of likely N-dealkylation sites (N-methyl/N-ethyl adjacent to an activating group) is 1. The van der Waals surface area contributed by atoms with Gasteiger partial charge in [-0.1, -0.05) is 29.3 Å². The van der Waals surface area contributed by atoms with Crippen LogP contribution in [-0.4, -0.2) is 45.2 Å². The van der Waals surface area contributed by atoms with E-state index in [0.717, 1.165) is 5.56 Å². The highest BCUT2D eigenvalue weighted by Gasteiger charge is 2.10. The number of nitrogens with zero attached hydrogens (tertiary/aromatic N) is 1. The first-order valence-electron chi connectivity index (χ1n) is 8.17. The normalized spacial score (nSPS) is 10.7. The van der Waals surface area contributed by atoms with Crippen molar-refractivity contribution in [2.24, 2.45) is 0 Å². The maximum Gasteiger partial charge on any atom is 0.246 e. The molecule has 0 spiro atoms. The molecular formula is C20H21Cl2NO4. The van der Waals surface area contributed by atoms with Gasteiger partial charge in [0, 0.05) is 18.1 Å². The molecule has 2 aromatic carbocycles. The summed E-state index contributed by atoms with van der Waals surface area (Å²) in [5, 5.41) is 1.01. The summed E-state index contributed by atoms with van der Waals surface area (Å²) in [6, 6.07) is 10.6. The van der Waals surface area contributed by atoms with Gasteiger partial charge in [-0.05, 0) is 42.0 Å². The van der Waals surface area contributed by atoms with Gasteiger partial charge in [0.2, 0.25) is 5.91 Å². The van der Waals surface area contributed by atoms with E-state index >= 15 is 0 Å². The Hall–Kier alpha value is -2.37. The van der Waals surface area contributed by atoms with E-state index in [9.17, 15) is 4.79 Å². The van der Waals surface area contributed by atoms with Crippen molar-refractivity contribution in [1.82, 2.24) is 4.90 Å². The Bertz CT molecular complexity index is 824. The van der Waals surface area contributed by atoms with Gasteiger partial charge in [-0.25, -0.2) is 0 Å². The fourth-order valence-electron chi connectivity index (χ4n) is 2.30. The third kappa shape index (κ3) is 6.08. The van der Waals surface area contributed by atoms with E-state index in [0.29, 0.717) is 40.4 Å². The van der Waals surface area contributed by atoms with Crippen molar-refractivity contribution in [2.45, 2.75) is 0 Å². The number of hydrogen-bond acceptors (Lipinski definition) is 4. The van der Waals surface area contributed by atoms with Gasteiger partial charge in [-0.3, -0.25) is 4.79 Å². The lowest BCUT2D eigenvalue weighted by atomic mass is 10.2. The smallest absolute Gasteiger partial charge is 0.246 e. The SMILES string of the molecule is COc1cc(/C=C/C(=O)N(C)CCOc2cccc(Cl)c2)cc(Cl)c1OC. The van der Waals surface area contributed by atoms with E-state index in [2.05, 4.69) is 0 Å². The van der Waals surface area contributed by atoms with Crippen LogP contribution in [-0.2, 0) is 4.79 Å². The fourth-order valence-corrected chi connectivity index (χ4v) is 2.77. The van der Waals surface area contributed by atoms with Crippen LogP contribution in [0.5, 0.6) is 17.2 Å². The molecule has 0 aliphatic rings. The molecule has 0 heterocycles. The lowest BCUT2D eigenvalue weighted by Gasteiger charge is -2.15. The Morgan fingerprint density at radius 2 is 1.93 bits per heavy atom. The molecular weight excluding hydrogens is 389 g/mol. The van der Waals surface area contributed by atoms with E-state index < -0.39 is 0 Å². The number of hydrogen-bond donors (Lipinski definition) is 0. The maximum atomic E-state index is 12.2. The molecule has 5 nitrogen and oxygen atoms in total. The molecule has 0 atom stereocenters. The molecule has 0 fully saturated rings. The first kappa shape index (κ1) is 20.9. The average molecular weight is 410 g/mol. The van der Waals surface area contributed by atoms with E-state index in [4.69, 9.17) is 37.4 Å². The number of carbonyl (C=O) groups excluding carboxylic acids is 1. The molecule has 0 aliphatic carbocycles. The van der Waals surface area contributed by atoms with Crippen molar-refractivity contribution in [3.63, 3.8) is 0 Å². The molecule has 144 valence electrons. The van der Waals surface area contributed by atoms with Gasteiger partial charge in [0.15, 0.2) is 11.5 Å². The van der Waals surface area contributed by atoms with Crippen molar-refractivity contribution in [2.75, 3.05) is 34.4 Å². The van der Waals surface area contributed by atoms with E-state index in [1.54, 1.807) is 42.3 Å². The second kappa shape index (κ2) is 10.1. The molecule has 7 heteroatoms. The number of ether oxygens (including phenoxy) is 3. The average Bonchev–Trinajstić information content (AvgIpc) is 2.65. The summed E-state index contributed by atoms with van der Waals surface area (Å²) in [6.45, 7) is 0.793. The number of carbonyl (C=O) groups is 1. The van der Waals surface area contributed by atoms with Crippen molar-refractivity contribution in [3.8, 4) is 17.2 Å². The summed E-state index contributed by atoms with van der Waals surface area (Å²) in [4.78, 5) is 13.8. The van der Waals surface area contributed by atoms with Gasteiger partial charge in [0.25, 0.3) is 0 Å². The third-order valence-corrected chi connectivity index (χ3v) is 4.26. The molecule has 2 rings (SSSR count). The van der Waals surface area contributed by atoms with Crippen molar-refractivity contribution < 1.29 is 19.0 Å². The number of amides is 1. The van der Waals surface area contributed by atoms with Crippen molar-refractivity contribution in [1.29, 1.82) is 0 Å². The van der Waals surface area contributed by atoms with Crippen LogP contribution in [0.3, 0.4) is 0 Å². The zero-order valence-electron chi connectivity index (χ0n) is 15.4. The summed E-state index contributed by atoms with van der Waals surface area (Å²) in [5.74, 6) is 1.47. The van der Waals surface area contributed by atoms with Gasteiger partial charge >= 0.3 is 0 Å². The van der Waals surface area contributed by atoms with Gasteiger partial charge in [0.1, 0.15) is 12.4 Å². The molecule has 0 radical (unpaired) electrons. The van der Waals surface area contributed by atoms with Crippen LogP contribution in [0.15, 0.2) is 42.5 Å². The highest BCUT2D eigenvalue weighted by Crippen LogP contribution is 2.36. The molecule has 0 bridgehead atoms. The second-order valence-electron chi connectivity index (χ2n) is 5.64. The Morgan fingerprint density at radius 1 is 1.15 bits per heavy atom. The summed E-state index contributed by atoms with van der Waals surface area (Å²) in [6.07, 6.45) is 3.14. The van der Waals surface area contributed by atoms with Gasteiger partial charge < -0.3 is 19.1 Å². The molecule has 0 saturated carbocycles. The minimum atomic E-state index is -0.157. The van der Waals surface area contributed by atoms with Crippen LogP contribution >= 0.6 is 23.2 Å². The highest BCUT2D eigenvalue weighted by molar-refractivity contribution is 6.32. The Labute approximate surface area is 169 Å². The standard InChI is InChI=1S/C20H21Cl2NO4/c1-23(9-10-27-16-6-4-5-15(21)13-16)19(24)8-7-14-11-17(22)20(26-3)18(12-14)25-2/h4-8,11-13H,9-10H2,1-3H3/b8-7+. The van der Waals surface area contributed by atoms with E-state index in [1.807, 2.05) is 12.1 Å². The monoisotopic (exact) mass is 409 g/mol. The molecule has 1 amide bonds. The fraction of sp³-hybridized carbons (Fsp3) is 0.250. The van der Waals surface area contributed by atoms with E-state index in [-0.39, 0.29) is 5.91 Å². The number of rotatable bonds is 8. The van der Waals surface area contributed by atoms with Gasteiger partial charge in [-0.2, -0.15) is 0 Å². The predicted octanol–water partition coefficient (Wildman–Crippen LogP) is 4.56.